The van der Waals surface area contributed by atoms with E-state index < -0.39 is 0 Å². The molecule has 2 heterocycles. The van der Waals surface area contributed by atoms with E-state index in [0.29, 0.717) is 6.04 Å². The van der Waals surface area contributed by atoms with Crippen LogP contribution in [0.4, 0.5) is 0 Å². The van der Waals surface area contributed by atoms with Crippen LogP contribution >= 0.6 is 11.3 Å². The highest BCUT2D eigenvalue weighted by Gasteiger charge is 2.26. The predicted molar refractivity (Wildman–Crippen MR) is 83.6 cm³/mol. The van der Waals surface area contributed by atoms with Gasteiger partial charge < -0.3 is 10.2 Å². The zero-order valence-electron chi connectivity index (χ0n) is 12.3. The van der Waals surface area contributed by atoms with Crippen LogP contribution in [0.25, 0.3) is 0 Å². The van der Waals surface area contributed by atoms with E-state index >= 15 is 0 Å². The van der Waals surface area contributed by atoms with Gasteiger partial charge in [-0.3, -0.25) is 4.79 Å². The van der Waals surface area contributed by atoms with Gasteiger partial charge >= 0.3 is 0 Å². The topological polar surface area (TPSA) is 32.3 Å². The number of piperazine rings is 1. The fourth-order valence-electron chi connectivity index (χ4n) is 3.23. The van der Waals surface area contributed by atoms with Crippen molar-refractivity contribution in [2.24, 2.45) is 0 Å². The minimum atomic E-state index is 0.246. The van der Waals surface area contributed by atoms with Gasteiger partial charge in [0.05, 0.1) is 4.88 Å². The van der Waals surface area contributed by atoms with Crippen LogP contribution in [-0.2, 0) is 12.8 Å². The van der Waals surface area contributed by atoms with Crippen molar-refractivity contribution in [3.63, 3.8) is 0 Å². The van der Waals surface area contributed by atoms with Crippen molar-refractivity contribution in [2.75, 3.05) is 19.6 Å². The fraction of sp³-hybridized carbons (Fsp3) is 0.688. The first kappa shape index (κ1) is 14.1. The first-order valence-corrected chi connectivity index (χ1v) is 8.70. The highest BCUT2D eigenvalue weighted by Crippen LogP contribution is 2.29. The molecule has 3 rings (SSSR count). The number of amides is 1. The first-order chi connectivity index (χ1) is 9.75. The SMILES string of the molecule is C[C@@H]1CNCCN1C(=O)c1cc2c(s1)CCCCCC2. The van der Waals surface area contributed by atoms with E-state index in [1.807, 2.05) is 4.90 Å². The Kier molecular flexibility index (Phi) is 4.41. The molecule has 4 heteroatoms. The van der Waals surface area contributed by atoms with Crippen LogP contribution in [0.5, 0.6) is 0 Å². The van der Waals surface area contributed by atoms with Gasteiger partial charge in [0.15, 0.2) is 0 Å². The average Bonchev–Trinajstić information content (AvgIpc) is 2.81. The summed E-state index contributed by atoms with van der Waals surface area (Å²) in [7, 11) is 0. The van der Waals surface area contributed by atoms with Crippen molar-refractivity contribution >= 4 is 17.2 Å². The summed E-state index contributed by atoms with van der Waals surface area (Å²) >= 11 is 1.75. The van der Waals surface area contributed by atoms with Gasteiger partial charge in [0.2, 0.25) is 0 Å². The number of thiophene rings is 1. The molecular weight excluding hydrogens is 268 g/mol. The lowest BCUT2D eigenvalue weighted by Gasteiger charge is -2.33. The Bertz CT molecular complexity index is 457. The van der Waals surface area contributed by atoms with Crippen LogP contribution in [-0.4, -0.2) is 36.5 Å². The second kappa shape index (κ2) is 6.27. The van der Waals surface area contributed by atoms with Crippen LogP contribution < -0.4 is 5.32 Å². The Labute approximate surface area is 125 Å². The zero-order valence-corrected chi connectivity index (χ0v) is 13.1. The number of nitrogens with one attached hydrogen (secondary N) is 1. The van der Waals surface area contributed by atoms with Crippen molar-refractivity contribution in [3.8, 4) is 0 Å². The summed E-state index contributed by atoms with van der Waals surface area (Å²) in [5.74, 6) is 0.246. The van der Waals surface area contributed by atoms with Crippen molar-refractivity contribution in [1.82, 2.24) is 10.2 Å². The molecule has 20 heavy (non-hydrogen) atoms. The summed E-state index contributed by atoms with van der Waals surface area (Å²) in [5.41, 5.74) is 1.45. The Morgan fingerprint density at radius 1 is 1.30 bits per heavy atom. The van der Waals surface area contributed by atoms with Gasteiger partial charge in [-0.25, -0.2) is 0 Å². The number of rotatable bonds is 1. The maximum absolute atomic E-state index is 12.7. The number of hydrogen-bond acceptors (Lipinski definition) is 3. The van der Waals surface area contributed by atoms with Crippen LogP contribution in [0.3, 0.4) is 0 Å². The van der Waals surface area contributed by atoms with Crippen molar-refractivity contribution < 1.29 is 4.79 Å². The molecule has 0 radical (unpaired) electrons. The maximum atomic E-state index is 12.7. The van der Waals surface area contributed by atoms with Gasteiger partial charge in [-0.1, -0.05) is 12.8 Å². The van der Waals surface area contributed by atoms with Gasteiger partial charge in [-0.05, 0) is 44.2 Å². The number of carbonyl (C=O) groups excluding carboxylic acids is 1. The highest BCUT2D eigenvalue weighted by atomic mass is 32.1. The molecule has 110 valence electrons. The van der Waals surface area contributed by atoms with E-state index in [2.05, 4.69) is 18.3 Å². The second-order valence-electron chi connectivity index (χ2n) is 6.02. The minimum absolute atomic E-state index is 0.246. The van der Waals surface area contributed by atoms with Gasteiger partial charge in [0, 0.05) is 30.6 Å². The van der Waals surface area contributed by atoms with Gasteiger partial charge in [-0.15, -0.1) is 11.3 Å². The molecule has 1 aromatic heterocycles. The molecular formula is C16H24N2OS. The highest BCUT2D eigenvalue weighted by molar-refractivity contribution is 7.14. The lowest BCUT2D eigenvalue weighted by molar-refractivity contribution is 0.0660. The molecule has 1 aliphatic carbocycles. The molecule has 0 unspecified atom stereocenters. The fourth-order valence-corrected chi connectivity index (χ4v) is 4.44. The first-order valence-electron chi connectivity index (χ1n) is 7.89. The smallest absolute Gasteiger partial charge is 0.264 e. The third-order valence-corrected chi connectivity index (χ3v) is 5.69. The Morgan fingerprint density at radius 2 is 2.10 bits per heavy atom. The molecule has 1 atom stereocenters. The van der Waals surface area contributed by atoms with Crippen LogP contribution in [0.15, 0.2) is 6.07 Å². The Hall–Kier alpha value is -0.870. The minimum Gasteiger partial charge on any atom is -0.333 e. The zero-order chi connectivity index (χ0) is 13.9. The van der Waals surface area contributed by atoms with E-state index in [1.54, 1.807) is 11.3 Å². The van der Waals surface area contributed by atoms with Gasteiger partial charge in [0.1, 0.15) is 0 Å². The molecule has 0 saturated carbocycles. The van der Waals surface area contributed by atoms with E-state index in [9.17, 15) is 4.79 Å². The second-order valence-corrected chi connectivity index (χ2v) is 7.16. The third kappa shape index (κ3) is 2.91. The molecule has 3 nitrogen and oxygen atoms in total. The van der Waals surface area contributed by atoms with Crippen LogP contribution in [0.2, 0.25) is 0 Å². The van der Waals surface area contributed by atoms with Gasteiger partial charge in [0.25, 0.3) is 5.91 Å². The molecule has 1 aromatic rings. The molecule has 1 aliphatic heterocycles. The average molecular weight is 292 g/mol. The molecule has 0 bridgehead atoms. The van der Waals surface area contributed by atoms with Crippen LogP contribution in [0, 0.1) is 0 Å². The summed E-state index contributed by atoms with van der Waals surface area (Å²) in [6.45, 7) is 4.80. The molecule has 2 aliphatic rings. The predicted octanol–water partition coefficient (Wildman–Crippen LogP) is 2.84. The standard InChI is InChI=1S/C16H24N2OS/c1-12-11-17-8-9-18(12)16(19)15-10-13-6-4-2-3-5-7-14(13)20-15/h10,12,17H,2-9,11H2,1H3/t12-/m1/s1. The molecule has 1 N–H and O–H groups in total. The lowest BCUT2D eigenvalue weighted by atomic mass is 9.99. The molecule has 1 fully saturated rings. The summed E-state index contributed by atoms with van der Waals surface area (Å²) in [4.78, 5) is 17.2. The van der Waals surface area contributed by atoms with Crippen LogP contribution in [0.1, 0.15) is 52.7 Å². The normalized spacial score (nSPS) is 23.9. The van der Waals surface area contributed by atoms with Crippen molar-refractivity contribution in [3.05, 3.63) is 21.4 Å². The molecule has 1 saturated heterocycles. The van der Waals surface area contributed by atoms with E-state index in [1.165, 1.54) is 42.5 Å². The number of fused-ring (bicyclic) bond motifs is 1. The number of hydrogen-bond donors (Lipinski definition) is 1. The van der Waals surface area contributed by atoms with E-state index in [4.69, 9.17) is 0 Å². The van der Waals surface area contributed by atoms with Crippen molar-refractivity contribution in [1.29, 1.82) is 0 Å². The molecule has 1 amide bonds. The quantitative estimate of drug-likeness (QED) is 0.863. The summed E-state index contributed by atoms with van der Waals surface area (Å²) in [6.07, 6.45) is 7.58. The maximum Gasteiger partial charge on any atom is 0.264 e. The largest absolute Gasteiger partial charge is 0.333 e. The third-order valence-electron chi connectivity index (χ3n) is 4.47. The Morgan fingerprint density at radius 3 is 2.90 bits per heavy atom. The van der Waals surface area contributed by atoms with E-state index in [-0.39, 0.29) is 5.91 Å². The summed E-state index contributed by atoms with van der Waals surface area (Å²) in [6, 6.07) is 2.49. The monoisotopic (exact) mass is 292 g/mol. The lowest BCUT2D eigenvalue weighted by Crippen LogP contribution is -2.52. The number of carbonyl (C=O) groups is 1. The number of nitrogens with zero attached hydrogens (tertiary/aromatic N) is 1. The summed E-state index contributed by atoms with van der Waals surface area (Å²) in [5, 5.41) is 3.35. The van der Waals surface area contributed by atoms with Gasteiger partial charge in [-0.2, -0.15) is 0 Å². The number of aryl methyl sites for hydroxylation is 2. The Balaban J connectivity index is 1.79. The van der Waals surface area contributed by atoms with Crippen molar-refractivity contribution in [2.45, 2.75) is 51.5 Å². The van der Waals surface area contributed by atoms with E-state index in [0.717, 1.165) is 30.9 Å². The molecule has 0 aromatic carbocycles. The summed E-state index contributed by atoms with van der Waals surface area (Å²) < 4.78 is 0. The molecule has 0 spiro atoms.